The molecule has 1 atom stereocenters. The summed E-state index contributed by atoms with van der Waals surface area (Å²) in [5, 5.41) is 27.6. The zero-order valence-corrected chi connectivity index (χ0v) is 41.5. The van der Waals surface area contributed by atoms with Crippen molar-refractivity contribution in [3.8, 4) is 39.8 Å². The number of nitrogens with zero attached hydrogens (tertiary/aromatic N) is 5. The summed E-state index contributed by atoms with van der Waals surface area (Å²) in [6.07, 6.45) is -1.52. The van der Waals surface area contributed by atoms with E-state index < -0.39 is 55.8 Å². The molecule has 0 bridgehead atoms. The first-order valence-electron chi connectivity index (χ1n) is 21.5. The number of hydrogen-bond donors (Lipinski definition) is 4. The summed E-state index contributed by atoms with van der Waals surface area (Å²) < 4.78 is 79.1. The van der Waals surface area contributed by atoms with Gasteiger partial charge in [0.2, 0.25) is 21.8 Å². The van der Waals surface area contributed by atoms with Gasteiger partial charge >= 0.3 is 6.09 Å². The van der Waals surface area contributed by atoms with Crippen molar-refractivity contribution in [2.45, 2.75) is 74.5 Å². The molecule has 18 nitrogen and oxygen atoms in total. The number of nitrogens with two attached hydrogens (primary N) is 1. The van der Waals surface area contributed by atoms with Crippen LogP contribution in [0.25, 0.3) is 22.5 Å². The molecule has 1 aromatic heterocycles. The highest BCUT2D eigenvalue weighted by Gasteiger charge is 2.38. The lowest BCUT2D eigenvalue weighted by Gasteiger charge is -2.27. The summed E-state index contributed by atoms with van der Waals surface area (Å²) in [6, 6.07) is 27.9. The van der Waals surface area contributed by atoms with Crippen molar-refractivity contribution in [1.29, 1.82) is 0 Å². The molecule has 0 radical (unpaired) electrons. The van der Waals surface area contributed by atoms with Gasteiger partial charge in [-0.1, -0.05) is 74.2 Å². The second-order valence-electron chi connectivity index (χ2n) is 17.3. The number of ether oxygens (including phenoxy) is 3. The molecular formula is C47H56N8O10S2Si. The Bertz CT molecular complexity index is 2910. The molecule has 5 N–H and O–H groups in total. The molecule has 6 aromatic rings. The molecule has 0 aliphatic carbocycles. The van der Waals surface area contributed by atoms with Gasteiger partial charge in [0.25, 0.3) is 0 Å². The number of benzene rings is 5. The van der Waals surface area contributed by atoms with E-state index in [4.69, 9.17) is 30.1 Å². The Hall–Kier alpha value is -6.81. The summed E-state index contributed by atoms with van der Waals surface area (Å²) in [5.41, 5.74) is 9.04. The highest BCUT2D eigenvalue weighted by atomic mass is 32.2. The standard InChI is InChI=1S/C47H56N8O10S2Si/c1-31(49-47(57)58)27-42(56)50-40-10-8-9-39(44(40)48)38-23-24-41(66(59,60)25-26-68(5,6)7)45(43(38)46-51-53-55(52-46)30-34-15-21-37(65-4)22-16-34)67(61,62)54(28-32-11-17-35(63-2)18-12-32)29-33-13-19-36(64-3)20-14-33/h8-24,31,49H,25-30,48H2,1-7H3,(H,50,56)(H,57,58). The Kier molecular flexibility index (Phi) is 15.9. The van der Waals surface area contributed by atoms with Crippen molar-refractivity contribution in [3.05, 3.63) is 120 Å². The average molecular weight is 985 g/mol. The summed E-state index contributed by atoms with van der Waals surface area (Å²) in [5.74, 6) is 0.621. The maximum atomic E-state index is 16.1. The molecule has 360 valence electrons. The number of carboxylic acid groups (broad SMARTS) is 1. The van der Waals surface area contributed by atoms with Crippen LogP contribution in [0, 0.1) is 0 Å². The van der Waals surface area contributed by atoms with E-state index in [0.29, 0.717) is 34.4 Å². The predicted octanol–water partition coefficient (Wildman–Crippen LogP) is 7.15. The topological polar surface area (TPSA) is 247 Å². The third-order valence-corrected chi connectivity index (χ3v) is 16.8. The van der Waals surface area contributed by atoms with Gasteiger partial charge in [-0.3, -0.25) is 4.79 Å². The number of tetrazole rings is 1. The highest BCUT2D eigenvalue weighted by molar-refractivity contribution is 7.93. The first-order valence-corrected chi connectivity index (χ1v) is 28.3. The Morgan fingerprint density at radius 1 is 0.779 bits per heavy atom. The van der Waals surface area contributed by atoms with Gasteiger partial charge in [-0.2, -0.15) is 9.10 Å². The average Bonchev–Trinajstić information content (AvgIpc) is 3.76. The molecule has 0 aliphatic rings. The zero-order valence-electron chi connectivity index (χ0n) is 38.9. The maximum Gasteiger partial charge on any atom is 0.404 e. The molecule has 21 heteroatoms. The molecule has 0 saturated carbocycles. The molecule has 1 unspecified atom stereocenters. The number of amides is 2. The van der Waals surface area contributed by atoms with Crippen LogP contribution < -0.4 is 30.6 Å². The van der Waals surface area contributed by atoms with Gasteiger partial charge in [-0.05, 0) is 89.0 Å². The minimum absolute atomic E-state index is 0.00224. The number of anilines is 2. The minimum atomic E-state index is -4.92. The van der Waals surface area contributed by atoms with Crippen LogP contribution in [0.5, 0.6) is 17.2 Å². The molecule has 0 saturated heterocycles. The number of rotatable bonds is 21. The monoisotopic (exact) mass is 984 g/mol. The van der Waals surface area contributed by atoms with Crippen LogP contribution in [-0.2, 0) is 44.3 Å². The summed E-state index contributed by atoms with van der Waals surface area (Å²) >= 11 is 0. The highest BCUT2D eigenvalue weighted by Crippen LogP contribution is 2.44. The van der Waals surface area contributed by atoms with E-state index >= 15 is 8.42 Å². The fourth-order valence-electron chi connectivity index (χ4n) is 7.24. The lowest BCUT2D eigenvalue weighted by Crippen LogP contribution is -2.34. The number of methoxy groups -OCH3 is 3. The van der Waals surface area contributed by atoms with E-state index in [-0.39, 0.29) is 65.7 Å². The number of aromatic nitrogens is 4. The van der Waals surface area contributed by atoms with Crippen LogP contribution in [0.3, 0.4) is 0 Å². The number of sulfonamides is 1. The van der Waals surface area contributed by atoms with Crippen LogP contribution in [0.4, 0.5) is 16.2 Å². The van der Waals surface area contributed by atoms with Crippen LogP contribution in [0.1, 0.15) is 30.0 Å². The van der Waals surface area contributed by atoms with Crippen molar-refractivity contribution in [2.24, 2.45) is 0 Å². The second kappa shape index (κ2) is 21.4. The Labute approximate surface area is 397 Å². The SMILES string of the molecule is COc1ccc(CN(Cc2ccc(OC)cc2)S(=O)(=O)c2c(S(=O)(=O)CC[Si](C)(C)C)ccc(-c3cccc(NC(=O)CC(C)NC(=O)O)c3N)c2-c2nnn(Cc3ccc(OC)cc3)n2)cc1. The van der Waals surface area contributed by atoms with Gasteiger partial charge in [-0.25, -0.2) is 21.6 Å². The third-order valence-electron chi connectivity index (χ3n) is 10.9. The number of hydrogen-bond acceptors (Lipinski definition) is 13. The summed E-state index contributed by atoms with van der Waals surface area (Å²) in [6.45, 7) is 7.32. The quantitative estimate of drug-likeness (QED) is 0.0413. The van der Waals surface area contributed by atoms with Gasteiger partial charge in [0.05, 0.1) is 55.5 Å². The molecular weight excluding hydrogens is 929 g/mol. The van der Waals surface area contributed by atoms with Gasteiger partial charge in [0, 0.05) is 39.2 Å². The molecule has 1 heterocycles. The van der Waals surface area contributed by atoms with Crippen LogP contribution >= 0.6 is 0 Å². The van der Waals surface area contributed by atoms with Gasteiger partial charge in [0.15, 0.2) is 9.84 Å². The van der Waals surface area contributed by atoms with Crippen LogP contribution in [0.2, 0.25) is 25.7 Å². The van der Waals surface area contributed by atoms with Crippen LogP contribution in [0.15, 0.2) is 113 Å². The van der Waals surface area contributed by atoms with Gasteiger partial charge < -0.3 is 35.7 Å². The van der Waals surface area contributed by atoms with E-state index in [9.17, 15) is 18.0 Å². The zero-order chi connectivity index (χ0) is 49.4. The van der Waals surface area contributed by atoms with Crippen LogP contribution in [-0.4, -0.2) is 99.7 Å². The van der Waals surface area contributed by atoms with E-state index in [1.807, 2.05) is 31.8 Å². The Morgan fingerprint density at radius 2 is 1.32 bits per heavy atom. The smallest absolute Gasteiger partial charge is 0.404 e. The van der Waals surface area contributed by atoms with Crippen molar-refractivity contribution < 1.29 is 45.7 Å². The number of nitrogen functional groups attached to an aromatic ring is 1. The third kappa shape index (κ3) is 12.6. The fourth-order valence-corrected chi connectivity index (χ4v) is 14.0. The van der Waals surface area contributed by atoms with E-state index in [0.717, 1.165) is 5.56 Å². The molecule has 5 aromatic carbocycles. The first-order chi connectivity index (χ1) is 32.2. The van der Waals surface area contributed by atoms with Gasteiger partial charge in [0.1, 0.15) is 22.1 Å². The Morgan fingerprint density at radius 3 is 1.84 bits per heavy atom. The first kappa shape index (κ1) is 50.6. The lowest BCUT2D eigenvalue weighted by molar-refractivity contribution is -0.116. The maximum absolute atomic E-state index is 16.1. The van der Waals surface area contributed by atoms with Crippen molar-refractivity contribution in [2.75, 3.05) is 38.1 Å². The van der Waals surface area contributed by atoms with E-state index in [2.05, 4.69) is 20.9 Å². The number of carbonyl (C=O) groups is 2. The molecule has 6 rings (SSSR count). The predicted molar refractivity (Wildman–Crippen MR) is 262 cm³/mol. The van der Waals surface area contributed by atoms with Crippen molar-refractivity contribution in [3.63, 3.8) is 0 Å². The molecule has 0 spiro atoms. The molecule has 68 heavy (non-hydrogen) atoms. The van der Waals surface area contributed by atoms with Crippen molar-refractivity contribution in [1.82, 2.24) is 29.8 Å². The summed E-state index contributed by atoms with van der Waals surface area (Å²) in [4.78, 5) is 24.7. The number of carbonyl (C=O) groups excluding carboxylic acids is 1. The van der Waals surface area contributed by atoms with E-state index in [1.54, 1.807) is 79.9 Å². The number of nitrogens with one attached hydrogen (secondary N) is 2. The van der Waals surface area contributed by atoms with E-state index in [1.165, 1.54) is 48.4 Å². The molecule has 0 aliphatic heterocycles. The largest absolute Gasteiger partial charge is 0.497 e. The normalized spacial score (nSPS) is 12.4. The lowest BCUT2D eigenvalue weighted by atomic mass is 9.97. The molecule has 2 amide bonds. The minimum Gasteiger partial charge on any atom is -0.497 e. The van der Waals surface area contributed by atoms with Gasteiger partial charge in [-0.15, -0.1) is 10.2 Å². The fraction of sp³-hybridized carbons (Fsp3) is 0.298. The molecule has 0 fully saturated rings. The summed E-state index contributed by atoms with van der Waals surface area (Å²) in [7, 11) is -6.72. The van der Waals surface area contributed by atoms with Crippen molar-refractivity contribution >= 4 is 51.3 Å². The number of para-hydroxylation sites is 1. The number of sulfone groups is 1. The second-order valence-corrected chi connectivity index (χ2v) is 26.8. The Balaban J connectivity index is 1.64.